The summed E-state index contributed by atoms with van der Waals surface area (Å²) >= 11 is 0. The minimum Gasteiger partial charge on any atom is -0.461 e. The summed E-state index contributed by atoms with van der Waals surface area (Å²) in [7, 11) is 0. The van der Waals surface area contributed by atoms with E-state index in [4.69, 9.17) is 9.84 Å². The van der Waals surface area contributed by atoms with E-state index in [-0.39, 0.29) is 41.7 Å². The highest BCUT2D eigenvalue weighted by molar-refractivity contribution is 6.04. The molecule has 3 N–H and O–H groups in total. The number of anilines is 3. The molecule has 0 radical (unpaired) electrons. The molecule has 4 heterocycles. The molecule has 200 valence electrons. The van der Waals surface area contributed by atoms with Crippen LogP contribution in [0.25, 0.3) is 11.4 Å². The van der Waals surface area contributed by atoms with Crippen LogP contribution < -0.4 is 19.9 Å². The number of ether oxygens (including phenoxy) is 1. The number of aromatic nitrogens is 4. The van der Waals surface area contributed by atoms with Gasteiger partial charge < -0.3 is 19.8 Å². The van der Waals surface area contributed by atoms with Crippen LogP contribution in [0.2, 0.25) is 0 Å². The number of carbonyl (C=O) groups is 1. The molecule has 1 aromatic carbocycles. The lowest BCUT2D eigenvalue weighted by Crippen LogP contribution is -2.56. The van der Waals surface area contributed by atoms with Gasteiger partial charge in [0.15, 0.2) is 11.6 Å². The van der Waals surface area contributed by atoms with E-state index in [2.05, 4.69) is 30.2 Å². The number of rotatable bonds is 6. The number of amides is 2. The fourth-order valence-electron chi connectivity index (χ4n) is 4.43. The van der Waals surface area contributed by atoms with Gasteiger partial charge in [-0.2, -0.15) is 18.2 Å². The van der Waals surface area contributed by atoms with Crippen molar-refractivity contribution in [3.8, 4) is 17.4 Å². The van der Waals surface area contributed by atoms with Gasteiger partial charge >= 0.3 is 18.2 Å². The zero-order chi connectivity index (χ0) is 26.9. The van der Waals surface area contributed by atoms with E-state index >= 15 is 0 Å². The SMILES string of the molecule is O=C(Nc1ccnc(OC[C@H](O)CO)n1)N1c2nc(-c3cccc(C(F)(F)F)c3)ncc2N2CCC[C@H]1C2. The standard InChI is InChI=1S/C24H24F3N7O4/c25-24(26,27)15-4-1-3-14(9-15)20-29-10-18-21(32-20)34(16-5-2-8-33(18)11-16)23(37)31-19-6-7-28-22(30-19)38-13-17(36)12-35/h1,3-4,6-7,9-10,16-17,35-36H,2,5,8,11-13H2,(H,28,30,31,37)/t16-,17+/m0/s1. The van der Waals surface area contributed by atoms with Gasteiger partial charge in [-0.1, -0.05) is 12.1 Å². The molecule has 0 spiro atoms. The highest BCUT2D eigenvalue weighted by Gasteiger charge is 2.39. The third-order valence-electron chi connectivity index (χ3n) is 6.23. The van der Waals surface area contributed by atoms with Gasteiger partial charge in [-0.25, -0.2) is 19.7 Å². The van der Waals surface area contributed by atoms with Crippen LogP contribution in [0.4, 0.5) is 35.3 Å². The van der Waals surface area contributed by atoms with Crippen LogP contribution in [0, 0.1) is 0 Å². The van der Waals surface area contributed by atoms with Crippen LogP contribution in [0.5, 0.6) is 6.01 Å². The fraction of sp³-hybridized carbons (Fsp3) is 0.375. The molecule has 5 rings (SSSR count). The maximum absolute atomic E-state index is 13.5. The molecule has 38 heavy (non-hydrogen) atoms. The van der Waals surface area contributed by atoms with E-state index in [9.17, 15) is 23.1 Å². The normalized spacial score (nSPS) is 17.6. The van der Waals surface area contributed by atoms with Gasteiger partial charge in [-0.15, -0.1) is 0 Å². The van der Waals surface area contributed by atoms with Crippen molar-refractivity contribution >= 4 is 23.4 Å². The van der Waals surface area contributed by atoms with Crippen molar-refractivity contribution < 1.29 is 32.9 Å². The molecule has 0 aliphatic carbocycles. The summed E-state index contributed by atoms with van der Waals surface area (Å²) in [4.78, 5) is 33.9. The number of fused-ring (bicyclic) bond motifs is 4. The van der Waals surface area contributed by atoms with Gasteiger partial charge in [0.1, 0.15) is 18.5 Å². The summed E-state index contributed by atoms with van der Waals surface area (Å²) in [5.41, 5.74) is -0.0345. The lowest BCUT2D eigenvalue weighted by atomic mass is 10.0. The number of piperidine rings is 1. The number of hydrogen-bond acceptors (Lipinski definition) is 9. The lowest BCUT2D eigenvalue weighted by Gasteiger charge is -2.45. The molecular formula is C24H24F3N7O4. The molecule has 3 aromatic rings. The maximum atomic E-state index is 13.5. The minimum absolute atomic E-state index is 0.0639. The highest BCUT2D eigenvalue weighted by atomic mass is 19.4. The van der Waals surface area contributed by atoms with Gasteiger partial charge in [-0.3, -0.25) is 10.2 Å². The first kappa shape index (κ1) is 25.6. The molecule has 2 aliphatic rings. The summed E-state index contributed by atoms with van der Waals surface area (Å²) in [5, 5.41) is 21.1. The number of carbonyl (C=O) groups excluding carboxylic acids is 1. The Morgan fingerprint density at radius 1 is 1.24 bits per heavy atom. The summed E-state index contributed by atoms with van der Waals surface area (Å²) < 4.78 is 45.1. The Bertz CT molecular complexity index is 1330. The second-order valence-electron chi connectivity index (χ2n) is 8.90. The van der Waals surface area contributed by atoms with Crippen molar-refractivity contribution in [1.82, 2.24) is 19.9 Å². The van der Waals surface area contributed by atoms with Crippen molar-refractivity contribution in [2.45, 2.75) is 31.2 Å². The molecule has 0 saturated carbocycles. The van der Waals surface area contributed by atoms with Crippen LogP contribution >= 0.6 is 0 Å². The number of aliphatic hydroxyl groups excluding tert-OH is 2. The maximum Gasteiger partial charge on any atom is 0.416 e. The van der Waals surface area contributed by atoms with Gasteiger partial charge in [0.2, 0.25) is 0 Å². The number of hydrogen-bond donors (Lipinski definition) is 3. The van der Waals surface area contributed by atoms with Crippen molar-refractivity contribution in [1.29, 1.82) is 0 Å². The van der Waals surface area contributed by atoms with Crippen molar-refractivity contribution in [3.05, 3.63) is 48.3 Å². The second-order valence-corrected chi connectivity index (χ2v) is 8.90. The molecule has 2 atom stereocenters. The Balaban J connectivity index is 1.44. The van der Waals surface area contributed by atoms with Crippen LogP contribution in [0.1, 0.15) is 18.4 Å². The van der Waals surface area contributed by atoms with E-state index in [1.54, 1.807) is 0 Å². The number of nitrogens with one attached hydrogen (secondary N) is 1. The topological polar surface area (TPSA) is 137 Å². The number of aliphatic hydroxyl groups is 2. The van der Waals surface area contributed by atoms with E-state index in [0.29, 0.717) is 18.7 Å². The Morgan fingerprint density at radius 2 is 2.08 bits per heavy atom. The number of nitrogens with zero attached hydrogens (tertiary/aromatic N) is 6. The number of benzene rings is 1. The van der Waals surface area contributed by atoms with E-state index < -0.39 is 30.5 Å². The number of urea groups is 1. The Kier molecular flexibility index (Phi) is 6.99. The Morgan fingerprint density at radius 3 is 2.87 bits per heavy atom. The average Bonchev–Trinajstić information content (AvgIpc) is 2.91. The fourth-order valence-corrected chi connectivity index (χ4v) is 4.43. The van der Waals surface area contributed by atoms with E-state index in [1.807, 2.05) is 0 Å². The van der Waals surface area contributed by atoms with E-state index in [0.717, 1.165) is 25.1 Å². The monoisotopic (exact) mass is 531 g/mol. The summed E-state index contributed by atoms with van der Waals surface area (Å²) in [6.07, 6.45) is -1.19. The van der Waals surface area contributed by atoms with Gasteiger partial charge in [0, 0.05) is 24.8 Å². The summed E-state index contributed by atoms with van der Waals surface area (Å²) in [6, 6.07) is 5.32. The first-order chi connectivity index (χ1) is 18.2. The molecule has 0 unspecified atom stereocenters. The van der Waals surface area contributed by atoms with Crippen LogP contribution in [0.15, 0.2) is 42.7 Å². The van der Waals surface area contributed by atoms with Crippen LogP contribution in [-0.2, 0) is 6.18 Å². The van der Waals surface area contributed by atoms with Crippen LogP contribution in [-0.4, -0.2) is 74.6 Å². The molecule has 2 aliphatic heterocycles. The average molecular weight is 531 g/mol. The lowest BCUT2D eigenvalue weighted by molar-refractivity contribution is -0.137. The molecule has 1 saturated heterocycles. The van der Waals surface area contributed by atoms with Gasteiger partial charge in [0.25, 0.3) is 0 Å². The van der Waals surface area contributed by atoms with Crippen molar-refractivity contribution in [3.63, 3.8) is 0 Å². The zero-order valence-corrected chi connectivity index (χ0v) is 20.0. The van der Waals surface area contributed by atoms with Crippen LogP contribution in [0.3, 0.4) is 0 Å². The third-order valence-corrected chi connectivity index (χ3v) is 6.23. The summed E-state index contributed by atoms with van der Waals surface area (Å²) in [5.74, 6) is 0.483. The predicted molar refractivity (Wildman–Crippen MR) is 130 cm³/mol. The molecule has 2 amide bonds. The van der Waals surface area contributed by atoms with Crippen molar-refractivity contribution in [2.24, 2.45) is 0 Å². The minimum atomic E-state index is -4.52. The van der Waals surface area contributed by atoms with Gasteiger partial charge in [-0.05, 0) is 31.0 Å². The predicted octanol–water partition coefficient (Wildman–Crippen LogP) is 2.71. The van der Waals surface area contributed by atoms with E-state index in [1.165, 1.54) is 35.5 Å². The first-order valence-corrected chi connectivity index (χ1v) is 11.9. The van der Waals surface area contributed by atoms with Gasteiger partial charge in [0.05, 0.1) is 30.1 Å². The first-order valence-electron chi connectivity index (χ1n) is 11.9. The second kappa shape index (κ2) is 10.4. The Labute approximate surface area is 214 Å². The molecule has 2 bridgehead atoms. The van der Waals surface area contributed by atoms with Crippen molar-refractivity contribution in [2.75, 3.05) is 41.4 Å². The summed E-state index contributed by atoms with van der Waals surface area (Å²) in [6.45, 7) is 0.579. The molecule has 2 aromatic heterocycles. The molecule has 14 heteroatoms. The number of halogens is 3. The molecule has 1 fully saturated rings. The largest absolute Gasteiger partial charge is 0.461 e. The Hall–Kier alpha value is -4.04. The zero-order valence-electron chi connectivity index (χ0n) is 20.0. The highest BCUT2D eigenvalue weighted by Crippen LogP contribution is 2.39. The molecule has 11 nitrogen and oxygen atoms in total. The number of alkyl halides is 3. The molecular weight excluding hydrogens is 507 g/mol. The third kappa shape index (κ3) is 5.31. The smallest absolute Gasteiger partial charge is 0.416 e. The quantitative estimate of drug-likeness (QED) is 0.439.